The summed E-state index contributed by atoms with van der Waals surface area (Å²) in [5.41, 5.74) is 0.856. The van der Waals surface area contributed by atoms with Crippen LogP contribution in [0.15, 0.2) is 42.5 Å². The molecule has 2 aromatic carbocycles. The quantitative estimate of drug-likeness (QED) is 0.570. The van der Waals surface area contributed by atoms with Crippen LogP contribution in [0, 0.1) is 11.8 Å². The number of hydrogen-bond donors (Lipinski definition) is 0. The maximum atomic E-state index is 13.4. The van der Waals surface area contributed by atoms with E-state index in [1.54, 1.807) is 42.5 Å². The molecule has 0 N–H and O–H groups in total. The summed E-state index contributed by atoms with van der Waals surface area (Å²) in [7, 11) is 0. The van der Waals surface area contributed by atoms with Gasteiger partial charge < -0.3 is 0 Å². The predicted molar refractivity (Wildman–Crippen MR) is 115 cm³/mol. The summed E-state index contributed by atoms with van der Waals surface area (Å²) in [6.07, 6.45) is 3.12. The number of halogens is 3. The van der Waals surface area contributed by atoms with Crippen LogP contribution in [0.5, 0.6) is 0 Å². The Balaban J connectivity index is 1.74. The van der Waals surface area contributed by atoms with Gasteiger partial charge in [-0.15, -0.1) is 0 Å². The zero-order valence-corrected chi connectivity index (χ0v) is 18.3. The topological polar surface area (TPSA) is 57.7 Å². The van der Waals surface area contributed by atoms with Crippen LogP contribution in [0.2, 0.25) is 15.1 Å². The Morgan fingerprint density at radius 3 is 2.13 bits per heavy atom. The number of carbonyl (C=O) groups excluding carboxylic acids is 3. The van der Waals surface area contributed by atoms with E-state index in [0.717, 1.165) is 17.9 Å². The molecule has 1 saturated carbocycles. The van der Waals surface area contributed by atoms with Crippen LogP contribution in [0.3, 0.4) is 0 Å². The first-order chi connectivity index (χ1) is 14.4. The lowest BCUT2D eigenvalue weighted by atomic mass is 9.81. The summed E-state index contributed by atoms with van der Waals surface area (Å²) in [6, 6.07) is 11.5. The van der Waals surface area contributed by atoms with Gasteiger partial charge in [0.25, 0.3) is 17.7 Å². The monoisotopic (exact) mass is 464 g/mol. The second-order valence-electron chi connectivity index (χ2n) is 7.58. The molecule has 3 amide bonds. The lowest BCUT2D eigenvalue weighted by Gasteiger charge is -2.31. The molecule has 0 aromatic heterocycles. The molecular formula is C22H19Cl3N2O3. The fraction of sp³-hybridized carbons (Fsp3) is 0.318. The Morgan fingerprint density at radius 1 is 0.900 bits per heavy atom. The number of rotatable bonds is 4. The number of fused-ring (bicyclic) bond motifs is 1. The van der Waals surface area contributed by atoms with Crippen LogP contribution in [0.4, 0.5) is 0 Å². The SMILES string of the molecule is O=C(c1ccccc1Cl)N(Cc1ccc(Cl)c(Cl)c1)N1C(=O)C2CCCCC2C1=O. The van der Waals surface area contributed by atoms with Crippen LogP contribution < -0.4 is 0 Å². The van der Waals surface area contributed by atoms with E-state index < -0.39 is 5.91 Å². The zero-order chi connectivity index (χ0) is 21.4. The molecule has 1 heterocycles. The average molecular weight is 466 g/mol. The molecule has 5 nitrogen and oxygen atoms in total. The smallest absolute Gasteiger partial charge is 0.272 e. The van der Waals surface area contributed by atoms with Crippen molar-refractivity contribution in [3.05, 3.63) is 68.7 Å². The molecule has 2 aromatic rings. The second kappa shape index (κ2) is 8.58. The molecule has 1 saturated heterocycles. The molecular weight excluding hydrogens is 447 g/mol. The summed E-state index contributed by atoms with van der Waals surface area (Å²) in [5, 5.41) is 3.16. The van der Waals surface area contributed by atoms with Crippen molar-refractivity contribution < 1.29 is 14.4 Å². The van der Waals surface area contributed by atoms with E-state index in [9.17, 15) is 14.4 Å². The minimum Gasteiger partial charge on any atom is -0.272 e. The van der Waals surface area contributed by atoms with Gasteiger partial charge in [-0.1, -0.05) is 65.8 Å². The van der Waals surface area contributed by atoms with Gasteiger partial charge in [-0.2, -0.15) is 5.01 Å². The van der Waals surface area contributed by atoms with E-state index in [4.69, 9.17) is 34.8 Å². The Hall–Kier alpha value is -2.08. The van der Waals surface area contributed by atoms with Gasteiger partial charge in [0.1, 0.15) is 0 Å². The normalized spacial score (nSPS) is 21.0. The molecule has 2 atom stereocenters. The van der Waals surface area contributed by atoms with Crippen molar-refractivity contribution in [1.29, 1.82) is 0 Å². The standard InChI is InChI=1S/C22H19Cl3N2O3/c23-17-8-4-3-7-16(17)20(28)26(12-13-9-10-18(24)19(25)11-13)27-21(29)14-5-1-2-6-15(14)22(27)30/h3-4,7-11,14-15H,1-2,5-6,12H2. The van der Waals surface area contributed by atoms with Gasteiger partial charge in [-0.05, 0) is 42.7 Å². The second-order valence-corrected chi connectivity index (χ2v) is 8.80. The molecule has 4 rings (SSSR count). The number of imide groups is 1. The average Bonchev–Trinajstić information content (AvgIpc) is 2.99. The minimum atomic E-state index is -0.521. The van der Waals surface area contributed by atoms with Gasteiger partial charge in [-0.3, -0.25) is 14.4 Å². The minimum absolute atomic E-state index is 0.0160. The fourth-order valence-electron chi connectivity index (χ4n) is 4.20. The highest BCUT2D eigenvalue weighted by Crippen LogP contribution is 2.39. The van der Waals surface area contributed by atoms with E-state index in [-0.39, 0.29) is 40.8 Å². The summed E-state index contributed by atoms with van der Waals surface area (Å²) in [4.78, 5) is 39.8. The molecule has 156 valence electrons. The Morgan fingerprint density at radius 2 is 1.53 bits per heavy atom. The predicted octanol–water partition coefficient (Wildman–Crippen LogP) is 5.38. The summed E-state index contributed by atoms with van der Waals surface area (Å²) >= 11 is 18.4. The Bertz CT molecular complexity index is 1000. The van der Waals surface area contributed by atoms with Gasteiger partial charge in [0.15, 0.2) is 0 Å². The molecule has 2 unspecified atom stereocenters. The zero-order valence-electron chi connectivity index (χ0n) is 16.0. The molecule has 2 aliphatic rings. The highest BCUT2D eigenvalue weighted by atomic mass is 35.5. The maximum absolute atomic E-state index is 13.4. The van der Waals surface area contributed by atoms with Gasteiger partial charge in [-0.25, -0.2) is 5.01 Å². The van der Waals surface area contributed by atoms with Gasteiger partial charge in [0, 0.05) is 0 Å². The number of nitrogens with zero attached hydrogens (tertiary/aromatic N) is 2. The van der Waals surface area contributed by atoms with Crippen LogP contribution >= 0.6 is 34.8 Å². The molecule has 8 heteroatoms. The van der Waals surface area contributed by atoms with Crippen LogP contribution in [0.1, 0.15) is 41.6 Å². The largest absolute Gasteiger partial charge is 0.274 e. The Labute approximate surface area is 189 Å². The lowest BCUT2D eigenvalue weighted by molar-refractivity contribution is -0.155. The van der Waals surface area contributed by atoms with E-state index in [1.165, 1.54) is 5.01 Å². The van der Waals surface area contributed by atoms with E-state index in [0.29, 0.717) is 28.5 Å². The van der Waals surface area contributed by atoms with Crippen molar-refractivity contribution in [2.75, 3.05) is 0 Å². The van der Waals surface area contributed by atoms with Gasteiger partial charge >= 0.3 is 0 Å². The van der Waals surface area contributed by atoms with Crippen molar-refractivity contribution >= 4 is 52.5 Å². The number of hydrazine groups is 1. The van der Waals surface area contributed by atoms with Gasteiger partial charge in [0.05, 0.1) is 39.0 Å². The van der Waals surface area contributed by atoms with Crippen molar-refractivity contribution in [2.24, 2.45) is 11.8 Å². The number of carbonyl (C=O) groups is 3. The third kappa shape index (κ3) is 3.82. The van der Waals surface area contributed by atoms with Crippen LogP contribution in [0.25, 0.3) is 0 Å². The lowest BCUT2D eigenvalue weighted by Crippen LogP contribution is -2.49. The number of hydrogen-bond acceptors (Lipinski definition) is 3. The highest BCUT2D eigenvalue weighted by molar-refractivity contribution is 6.42. The molecule has 1 aliphatic heterocycles. The maximum Gasteiger partial charge on any atom is 0.274 e. The summed E-state index contributed by atoms with van der Waals surface area (Å²) < 4.78 is 0. The Kier molecular flexibility index (Phi) is 6.05. The van der Waals surface area contributed by atoms with Crippen LogP contribution in [-0.4, -0.2) is 27.7 Å². The summed E-state index contributed by atoms with van der Waals surface area (Å²) in [6.45, 7) is -0.0160. The number of benzene rings is 2. The molecule has 30 heavy (non-hydrogen) atoms. The first-order valence-electron chi connectivity index (χ1n) is 9.76. The third-order valence-corrected chi connectivity index (χ3v) is 6.78. The van der Waals surface area contributed by atoms with Crippen molar-refractivity contribution in [1.82, 2.24) is 10.0 Å². The van der Waals surface area contributed by atoms with E-state index >= 15 is 0 Å². The third-order valence-electron chi connectivity index (χ3n) is 5.71. The summed E-state index contributed by atoms with van der Waals surface area (Å²) in [5.74, 6) is -1.93. The fourth-order valence-corrected chi connectivity index (χ4v) is 4.74. The van der Waals surface area contributed by atoms with Gasteiger partial charge in [0.2, 0.25) is 0 Å². The first kappa shape index (κ1) is 21.2. The molecule has 2 fully saturated rings. The molecule has 0 radical (unpaired) electrons. The van der Waals surface area contributed by atoms with E-state index in [1.807, 2.05) is 0 Å². The molecule has 1 aliphatic carbocycles. The van der Waals surface area contributed by atoms with Crippen LogP contribution in [-0.2, 0) is 16.1 Å². The van der Waals surface area contributed by atoms with E-state index in [2.05, 4.69) is 0 Å². The highest BCUT2D eigenvalue weighted by Gasteiger charge is 2.51. The molecule has 0 bridgehead atoms. The van der Waals surface area contributed by atoms with Crippen molar-refractivity contribution in [2.45, 2.75) is 32.2 Å². The van der Waals surface area contributed by atoms with Crippen molar-refractivity contribution in [3.63, 3.8) is 0 Å². The first-order valence-corrected chi connectivity index (χ1v) is 10.9. The van der Waals surface area contributed by atoms with Crippen molar-refractivity contribution in [3.8, 4) is 0 Å². The number of amides is 3. The molecule has 0 spiro atoms.